The van der Waals surface area contributed by atoms with Crippen LogP contribution in [-0.2, 0) is 16.6 Å². The number of fused-ring (bicyclic) bond motifs is 1. The van der Waals surface area contributed by atoms with Crippen LogP contribution in [0.4, 0.5) is 0 Å². The fraction of sp³-hybridized carbons (Fsp3) is 0.217. The van der Waals surface area contributed by atoms with Gasteiger partial charge in [-0.3, -0.25) is 14.1 Å². The van der Waals surface area contributed by atoms with Crippen LogP contribution in [0.5, 0.6) is 0 Å². The van der Waals surface area contributed by atoms with Crippen molar-refractivity contribution in [1.82, 2.24) is 9.29 Å². The molecule has 5 rings (SSSR count). The molecule has 0 N–H and O–H groups in total. The average Bonchev–Trinajstić information content (AvgIpc) is 3.30. The number of carbonyl (C=O) groups is 1. The zero-order valence-electron chi connectivity index (χ0n) is 16.4. The second-order valence-electron chi connectivity index (χ2n) is 7.79. The first-order chi connectivity index (χ1) is 14.4. The summed E-state index contributed by atoms with van der Waals surface area (Å²) in [6.45, 7) is 2.17. The molecule has 1 saturated carbocycles. The number of nitrogens with zero attached hydrogens (tertiary/aromatic N) is 2. The summed E-state index contributed by atoms with van der Waals surface area (Å²) in [5.41, 5.74) is 0.933. The number of Topliss-reactive ketones (excluding diaryl/α,β-unsaturated/α-hetero) is 1. The van der Waals surface area contributed by atoms with Gasteiger partial charge in [-0.1, -0.05) is 25.1 Å². The van der Waals surface area contributed by atoms with E-state index in [0.29, 0.717) is 23.2 Å². The first-order valence-corrected chi connectivity index (χ1v) is 11.3. The summed E-state index contributed by atoms with van der Waals surface area (Å²) < 4.78 is 33.9. The molecule has 3 heterocycles. The highest BCUT2D eigenvalue weighted by atomic mass is 32.2. The Kier molecular flexibility index (Phi) is 4.36. The predicted molar refractivity (Wildman–Crippen MR) is 111 cm³/mol. The lowest BCUT2D eigenvalue weighted by Crippen LogP contribution is -2.38. The molecule has 0 saturated heterocycles. The van der Waals surface area contributed by atoms with Gasteiger partial charge >= 0.3 is 0 Å². The molecule has 6 nitrogen and oxygen atoms in total. The third-order valence-electron chi connectivity index (χ3n) is 5.65. The minimum Gasteiger partial charge on any atom is -0.461 e. The van der Waals surface area contributed by atoms with Crippen LogP contribution in [0.15, 0.2) is 75.9 Å². The Bertz CT molecular complexity index is 1260. The summed E-state index contributed by atoms with van der Waals surface area (Å²) in [6, 6.07) is 13.5. The van der Waals surface area contributed by atoms with Crippen LogP contribution in [0.2, 0.25) is 0 Å². The Morgan fingerprint density at radius 2 is 1.97 bits per heavy atom. The van der Waals surface area contributed by atoms with Gasteiger partial charge in [0, 0.05) is 30.0 Å². The molecule has 2 aromatic heterocycles. The molecular weight excluding hydrogens is 400 g/mol. The van der Waals surface area contributed by atoms with Crippen LogP contribution >= 0.6 is 0 Å². The van der Waals surface area contributed by atoms with Crippen molar-refractivity contribution < 1.29 is 17.6 Å². The number of hydrogen-bond donors (Lipinski definition) is 0. The maximum Gasteiger partial charge on any atom is 0.265 e. The standard InChI is InChI=1S/C23H20N2O4S/c1-15-11-19(15)21-9-8-17(29-21)12-20-23(26)18-6-2-3-7-22(18)30(27,28)25(20)14-16-5-4-10-24-13-16/h2-10,12-13,15,19H,11,14H2,1H3/b20-12+. The number of aromatic nitrogens is 1. The van der Waals surface area contributed by atoms with E-state index in [1.54, 1.807) is 48.8 Å². The zero-order valence-corrected chi connectivity index (χ0v) is 17.2. The first kappa shape index (κ1) is 18.8. The maximum absolute atomic E-state index is 13.4. The topological polar surface area (TPSA) is 80.5 Å². The van der Waals surface area contributed by atoms with Gasteiger partial charge in [-0.25, -0.2) is 8.42 Å². The van der Waals surface area contributed by atoms with Gasteiger partial charge in [-0.15, -0.1) is 0 Å². The molecule has 1 fully saturated rings. The number of rotatable bonds is 4. The molecule has 2 unspecified atom stereocenters. The number of furan rings is 1. The number of benzene rings is 1. The largest absolute Gasteiger partial charge is 0.461 e. The van der Waals surface area contributed by atoms with Crippen LogP contribution in [0.25, 0.3) is 6.08 Å². The van der Waals surface area contributed by atoms with E-state index < -0.39 is 10.0 Å². The normalized spacial score (nSPS) is 23.4. The number of allylic oxidation sites excluding steroid dienone is 1. The minimum absolute atomic E-state index is 0.00923. The summed E-state index contributed by atoms with van der Waals surface area (Å²) in [6.07, 6.45) is 5.83. The molecule has 152 valence electrons. The highest BCUT2D eigenvalue weighted by molar-refractivity contribution is 7.89. The molecule has 30 heavy (non-hydrogen) atoms. The summed E-state index contributed by atoms with van der Waals surface area (Å²) in [5.74, 6) is 1.98. The number of carbonyl (C=O) groups excluding carboxylic acids is 1. The van der Waals surface area contributed by atoms with E-state index in [4.69, 9.17) is 4.42 Å². The van der Waals surface area contributed by atoms with Gasteiger partial charge in [0.1, 0.15) is 17.2 Å². The van der Waals surface area contributed by atoms with Gasteiger partial charge in [0.2, 0.25) is 5.78 Å². The Morgan fingerprint density at radius 1 is 1.17 bits per heavy atom. The molecule has 0 spiro atoms. The lowest BCUT2D eigenvalue weighted by atomic mass is 10.1. The van der Waals surface area contributed by atoms with Crippen LogP contribution < -0.4 is 0 Å². The fourth-order valence-electron chi connectivity index (χ4n) is 3.84. The quantitative estimate of drug-likeness (QED) is 0.590. The average molecular weight is 420 g/mol. The van der Waals surface area contributed by atoms with E-state index in [2.05, 4.69) is 11.9 Å². The molecule has 0 radical (unpaired) electrons. The summed E-state index contributed by atoms with van der Waals surface area (Å²) in [7, 11) is -3.91. The molecule has 7 heteroatoms. The van der Waals surface area contributed by atoms with Crippen molar-refractivity contribution in [3.8, 4) is 0 Å². The monoisotopic (exact) mass is 420 g/mol. The van der Waals surface area contributed by atoms with Crippen molar-refractivity contribution in [3.05, 3.63) is 89.3 Å². The van der Waals surface area contributed by atoms with Gasteiger partial charge in [-0.05, 0) is 48.2 Å². The van der Waals surface area contributed by atoms with Crippen LogP contribution in [0.1, 0.15) is 46.7 Å². The molecular formula is C23H20N2O4S. The molecule has 0 bridgehead atoms. The lowest BCUT2D eigenvalue weighted by Gasteiger charge is -2.31. The van der Waals surface area contributed by atoms with Crippen molar-refractivity contribution in [1.29, 1.82) is 0 Å². The van der Waals surface area contributed by atoms with Gasteiger partial charge < -0.3 is 4.42 Å². The highest BCUT2D eigenvalue weighted by Crippen LogP contribution is 2.47. The summed E-state index contributed by atoms with van der Waals surface area (Å²) >= 11 is 0. The molecule has 0 amide bonds. The summed E-state index contributed by atoms with van der Waals surface area (Å²) in [4.78, 5) is 17.4. The van der Waals surface area contributed by atoms with Crippen LogP contribution in [0.3, 0.4) is 0 Å². The molecule has 2 atom stereocenters. The molecule has 2 aliphatic rings. The highest BCUT2D eigenvalue weighted by Gasteiger charge is 2.40. The van der Waals surface area contributed by atoms with Crippen molar-refractivity contribution in [3.63, 3.8) is 0 Å². The number of ketones is 1. The van der Waals surface area contributed by atoms with Crippen LogP contribution in [-0.4, -0.2) is 23.5 Å². The summed E-state index contributed by atoms with van der Waals surface area (Å²) in [5, 5.41) is 0. The second-order valence-corrected chi connectivity index (χ2v) is 9.62. The Labute approximate surface area is 174 Å². The third-order valence-corrected chi connectivity index (χ3v) is 7.47. The molecule has 1 aliphatic carbocycles. The number of sulfonamides is 1. The molecule has 1 aromatic carbocycles. The van der Waals surface area contributed by atoms with Crippen LogP contribution in [0, 0.1) is 5.92 Å². The Balaban J connectivity index is 1.62. The minimum atomic E-state index is -3.91. The lowest BCUT2D eigenvalue weighted by molar-refractivity contribution is 0.100. The maximum atomic E-state index is 13.4. The Hall–Kier alpha value is -3.19. The van der Waals surface area contributed by atoms with E-state index in [9.17, 15) is 13.2 Å². The number of hydrogen-bond acceptors (Lipinski definition) is 5. The fourth-order valence-corrected chi connectivity index (χ4v) is 5.48. The predicted octanol–water partition coefficient (Wildman–Crippen LogP) is 4.23. The molecule has 3 aromatic rings. The van der Waals surface area contributed by atoms with Crippen molar-refractivity contribution >= 4 is 21.9 Å². The van der Waals surface area contributed by atoms with Gasteiger partial charge in [0.15, 0.2) is 0 Å². The van der Waals surface area contributed by atoms with Gasteiger partial charge in [-0.2, -0.15) is 0 Å². The van der Waals surface area contributed by atoms with E-state index in [0.717, 1.165) is 16.5 Å². The first-order valence-electron chi connectivity index (χ1n) is 9.82. The van der Waals surface area contributed by atoms with Crippen molar-refractivity contribution in [2.24, 2.45) is 5.92 Å². The van der Waals surface area contributed by atoms with E-state index in [1.807, 2.05) is 6.07 Å². The Morgan fingerprint density at radius 3 is 2.70 bits per heavy atom. The SMILES string of the molecule is CC1CC1c1ccc(/C=C2\C(=O)c3ccccc3S(=O)(=O)N2Cc2cccnc2)o1. The van der Waals surface area contributed by atoms with Gasteiger partial charge in [0.25, 0.3) is 10.0 Å². The van der Waals surface area contributed by atoms with Gasteiger partial charge in [0.05, 0.1) is 11.4 Å². The smallest absolute Gasteiger partial charge is 0.265 e. The van der Waals surface area contributed by atoms with E-state index in [1.165, 1.54) is 12.1 Å². The number of pyridine rings is 1. The molecule has 1 aliphatic heterocycles. The third kappa shape index (κ3) is 3.15. The zero-order chi connectivity index (χ0) is 20.9. The van der Waals surface area contributed by atoms with E-state index in [-0.39, 0.29) is 28.5 Å². The van der Waals surface area contributed by atoms with Crippen molar-refractivity contribution in [2.45, 2.75) is 30.7 Å². The van der Waals surface area contributed by atoms with E-state index >= 15 is 0 Å². The van der Waals surface area contributed by atoms with Crippen molar-refractivity contribution in [2.75, 3.05) is 0 Å². The second kappa shape index (κ2) is 6.95.